The highest BCUT2D eigenvalue weighted by Crippen LogP contribution is 2.52. The predicted molar refractivity (Wildman–Crippen MR) is 143 cm³/mol. The zero-order chi connectivity index (χ0) is 29.8. The van der Waals surface area contributed by atoms with Crippen molar-refractivity contribution in [2.24, 2.45) is 5.92 Å². The second kappa shape index (κ2) is 10.8. The number of nitrogens with one attached hydrogen (secondary N) is 1. The molecule has 13 heteroatoms. The Balaban J connectivity index is 1.44. The minimum atomic E-state index is -4.63. The van der Waals surface area contributed by atoms with Gasteiger partial charge in [0.2, 0.25) is 0 Å². The number of ether oxygens (including phenoxy) is 1. The summed E-state index contributed by atoms with van der Waals surface area (Å²) in [6.07, 6.45) is -1.57. The predicted octanol–water partition coefficient (Wildman–Crippen LogP) is 3.33. The maximum absolute atomic E-state index is 14.1. The van der Waals surface area contributed by atoms with Crippen molar-refractivity contribution in [3.05, 3.63) is 46.6 Å². The number of hydrogen-bond donors (Lipinski definition) is 1. The fourth-order valence-corrected chi connectivity index (χ4v) is 6.38. The van der Waals surface area contributed by atoms with Crippen LogP contribution in [-0.2, 0) is 20.5 Å². The van der Waals surface area contributed by atoms with E-state index in [0.717, 1.165) is 31.0 Å². The number of halogens is 3. The highest BCUT2D eigenvalue weighted by atomic mass is 19.4. The van der Waals surface area contributed by atoms with Crippen LogP contribution in [0.5, 0.6) is 0 Å². The molecule has 1 aromatic heterocycles. The summed E-state index contributed by atoms with van der Waals surface area (Å²) < 4.78 is 47.3. The molecule has 2 atom stereocenters. The number of benzene rings is 1. The number of alkyl halides is 3. The third-order valence-corrected chi connectivity index (χ3v) is 8.64. The average molecular weight is 588 g/mol. The molecule has 1 saturated carbocycles. The number of rotatable bonds is 6. The van der Waals surface area contributed by atoms with E-state index in [1.165, 1.54) is 15.9 Å². The fourth-order valence-electron chi connectivity index (χ4n) is 6.38. The van der Waals surface area contributed by atoms with Gasteiger partial charge in [-0.2, -0.15) is 18.3 Å². The lowest BCUT2D eigenvalue weighted by molar-refractivity contribution is -0.137. The highest BCUT2D eigenvalue weighted by Gasteiger charge is 2.52. The largest absolute Gasteiger partial charge is 0.416 e. The van der Waals surface area contributed by atoms with Gasteiger partial charge in [0.25, 0.3) is 17.7 Å². The van der Waals surface area contributed by atoms with Gasteiger partial charge in [0.1, 0.15) is 11.9 Å². The number of fused-ring (bicyclic) bond motifs is 1. The van der Waals surface area contributed by atoms with Crippen molar-refractivity contribution < 1.29 is 37.1 Å². The number of hydrogen-bond acceptors (Lipinski definition) is 6. The summed E-state index contributed by atoms with van der Waals surface area (Å²) >= 11 is 0. The number of amides is 3. The van der Waals surface area contributed by atoms with Crippen LogP contribution in [0.15, 0.2) is 24.3 Å². The lowest BCUT2D eigenvalue weighted by Crippen LogP contribution is -2.56. The second-order valence-electron chi connectivity index (χ2n) is 11.4. The van der Waals surface area contributed by atoms with E-state index in [1.807, 2.05) is 0 Å². The van der Waals surface area contributed by atoms with Crippen LogP contribution in [-0.4, -0.2) is 77.1 Å². The maximum atomic E-state index is 14.1. The molecule has 4 aliphatic rings. The van der Waals surface area contributed by atoms with Crippen LogP contribution in [0.2, 0.25) is 0 Å². The number of likely N-dealkylation sites (N-methyl/N-ethyl adjacent to an activating group) is 1. The Morgan fingerprint density at radius 3 is 2.48 bits per heavy atom. The number of nitrogens with zero attached hydrogens (tertiary/aromatic N) is 4. The Morgan fingerprint density at radius 2 is 1.86 bits per heavy atom. The molecule has 2 saturated heterocycles. The molecule has 10 nitrogen and oxygen atoms in total. The highest BCUT2D eigenvalue weighted by molar-refractivity contribution is 6.07. The number of carbonyl (C=O) groups is 4. The molecule has 4 heterocycles. The molecule has 3 aliphatic heterocycles. The van der Waals surface area contributed by atoms with Crippen LogP contribution in [0.3, 0.4) is 0 Å². The van der Waals surface area contributed by atoms with E-state index in [0.29, 0.717) is 37.4 Å². The lowest BCUT2D eigenvalue weighted by atomic mass is 9.82. The van der Waals surface area contributed by atoms with E-state index >= 15 is 0 Å². The molecular weight excluding hydrogens is 555 g/mol. The summed E-state index contributed by atoms with van der Waals surface area (Å²) in [6.45, 7) is 3.28. The van der Waals surface area contributed by atoms with Gasteiger partial charge in [-0.05, 0) is 56.7 Å². The lowest BCUT2D eigenvalue weighted by Gasteiger charge is -2.39. The minimum absolute atomic E-state index is 0.0159. The van der Waals surface area contributed by atoms with Gasteiger partial charge in [0.15, 0.2) is 11.5 Å². The number of anilines is 1. The zero-order valence-electron chi connectivity index (χ0n) is 23.2. The van der Waals surface area contributed by atoms with E-state index in [-0.39, 0.29) is 55.1 Å². The standard InChI is InChI=1S/C29H32F3N5O5/c1-2-36-26-22(24(27(40)35-11-8-20(38)15-35)34-37(26)19-9-12-42-13-10-19)21(16-6-7-16)23(28(36)41)33-25(39)17-4-3-5-18(14-17)29(30,31)32/h3-5,14,16,19,21,23H,2,6-13,15H2,1H3,(H,33,39). The van der Waals surface area contributed by atoms with Gasteiger partial charge in [-0.25, -0.2) is 4.68 Å². The van der Waals surface area contributed by atoms with Crippen LogP contribution in [0.1, 0.15) is 83.0 Å². The first-order chi connectivity index (χ1) is 20.1. The van der Waals surface area contributed by atoms with Crippen molar-refractivity contribution in [2.45, 2.75) is 63.2 Å². The summed E-state index contributed by atoms with van der Waals surface area (Å²) in [4.78, 5) is 56.4. The number of likely N-dealkylation sites (tertiary alicyclic amines) is 1. The monoisotopic (exact) mass is 587 g/mol. The van der Waals surface area contributed by atoms with Gasteiger partial charge in [0.05, 0.1) is 18.2 Å². The maximum Gasteiger partial charge on any atom is 0.416 e. The van der Waals surface area contributed by atoms with Crippen LogP contribution >= 0.6 is 0 Å². The SMILES string of the molecule is CCN1C(=O)C(NC(=O)c2cccc(C(F)(F)F)c2)C(C2CC2)c2c(C(=O)N3CCC(=O)C3)nn(C3CCOCC3)c21. The van der Waals surface area contributed by atoms with E-state index in [1.54, 1.807) is 11.6 Å². The molecule has 1 N–H and O–H groups in total. The van der Waals surface area contributed by atoms with Crippen LogP contribution in [0.4, 0.5) is 19.0 Å². The summed E-state index contributed by atoms with van der Waals surface area (Å²) in [7, 11) is 0. The minimum Gasteiger partial charge on any atom is -0.381 e. The van der Waals surface area contributed by atoms with Gasteiger partial charge in [-0.1, -0.05) is 6.07 Å². The Morgan fingerprint density at radius 1 is 1.12 bits per heavy atom. The van der Waals surface area contributed by atoms with Crippen LogP contribution in [0.25, 0.3) is 0 Å². The van der Waals surface area contributed by atoms with Crippen LogP contribution < -0.4 is 10.2 Å². The molecule has 3 amide bonds. The van der Waals surface area contributed by atoms with Gasteiger partial charge >= 0.3 is 6.18 Å². The summed E-state index contributed by atoms with van der Waals surface area (Å²) in [5.41, 5.74) is -0.464. The molecular formula is C29H32F3N5O5. The number of ketones is 1. The first-order valence-electron chi connectivity index (χ1n) is 14.4. The third kappa shape index (κ3) is 5.07. The van der Waals surface area contributed by atoms with E-state index < -0.39 is 41.4 Å². The van der Waals surface area contributed by atoms with Gasteiger partial charge < -0.3 is 15.0 Å². The van der Waals surface area contributed by atoms with E-state index in [9.17, 15) is 32.3 Å². The summed E-state index contributed by atoms with van der Waals surface area (Å²) in [6, 6.07) is 2.85. The molecule has 0 radical (unpaired) electrons. The Hall–Kier alpha value is -3.74. The molecule has 2 unspecified atom stereocenters. The topological polar surface area (TPSA) is 114 Å². The molecule has 1 aromatic carbocycles. The molecule has 1 aliphatic carbocycles. The first-order valence-corrected chi connectivity index (χ1v) is 14.4. The van der Waals surface area contributed by atoms with Crippen molar-refractivity contribution in [3.63, 3.8) is 0 Å². The first kappa shape index (κ1) is 28.4. The molecule has 224 valence electrons. The normalized spacial score (nSPS) is 23.3. The molecule has 2 aromatic rings. The van der Waals surface area contributed by atoms with Gasteiger partial charge in [-0.3, -0.25) is 24.1 Å². The number of aromatic nitrogens is 2. The Bertz CT molecular complexity index is 1430. The van der Waals surface area contributed by atoms with Crippen molar-refractivity contribution in [1.29, 1.82) is 0 Å². The van der Waals surface area contributed by atoms with E-state index in [2.05, 4.69) is 5.32 Å². The average Bonchev–Trinajstić information content (AvgIpc) is 3.61. The van der Waals surface area contributed by atoms with Gasteiger partial charge in [0, 0.05) is 49.8 Å². The quantitative estimate of drug-likeness (QED) is 0.555. The molecule has 0 spiro atoms. The number of carbonyl (C=O) groups excluding carboxylic acids is 4. The Kier molecular flexibility index (Phi) is 7.32. The zero-order valence-corrected chi connectivity index (χ0v) is 23.2. The molecule has 6 rings (SSSR count). The molecule has 3 fully saturated rings. The van der Waals surface area contributed by atoms with Gasteiger partial charge in [-0.15, -0.1) is 0 Å². The second-order valence-corrected chi connectivity index (χ2v) is 11.4. The van der Waals surface area contributed by atoms with Crippen molar-refractivity contribution in [2.75, 3.05) is 37.7 Å². The van der Waals surface area contributed by atoms with Crippen molar-refractivity contribution in [3.8, 4) is 0 Å². The smallest absolute Gasteiger partial charge is 0.381 e. The number of Topliss-reactive ketones (excluding diaryl/α,β-unsaturated/α-hetero) is 1. The fraction of sp³-hybridized carbons (Fsp3) is 0.552. The third-order valence-electron chi connectivity index (χ3n) is 8.64. The molecule has 0 bridgehead atoms. The van der Waals surface area contributed by atoms with E-state index in [4.69, 9.17) is 9.84 Å². The van der Waals surface area contributed by atoms with Crippen molar-refractivity contribution in [1.82, 2.24) is 20.0 Å². The molecule has 42 heavy (non-hydrogen) atoms. The van der Waals surface area contributed by atoms with Crippen molar-refractivity contribution >= 4 is 29.3 Å². The summed E-state index contributed by atoms with van der Waals surface area (Å²) in [5, 5.41) is 7.55. The summed E-state index contributed by atoms with van der Waals surface area (Å²) in [5.74, 6) is -1.76. The van der Waals surface area contributed by atoms with Crippen LogP contribution in [0, 0.1) is 5.92 Å². The Labute approximate surface area is 240 Å².